The van der Waals surface area contributed by atoms with Crippen LogP contribution < -0.4 is 0 Å². The van der Waals surface area contributed by atoms with Gasteiger partial charge >= 0.3 is 0 Å². The molecule has 0 N–H and O–H groups in total. The number of halogens is 2. The lowest BCUT2D eigenvalue weighted by Crippen LogP contribution is -2.28. The Morgan fingerprint density at radius 2 is 1.59 bits per heavy atom. The lowest BCUT2D eigenvalue weighted by atomic mass is 9.79. The third-order valence-electron chi connectivity index (χ3n) is 3.54. The normalized spacial score (nSPS) is 11.8. The van der Waals surface area contributed by atoms with Gasteiger partial charge < -0.3 is 0 Å². The van der Waals surface area contributed by atoms with Gasteiger partial charge in [0.05, 0.1) is 0 Å². The highest BCUT2D eigenvalue weighted by molar-refractivity contribution is 9.09. The molecule has 0 atom stereocenters. The second kappa shape index (κ2) is 6.94. The predicted octanol–water partition coefficient (Wildman–Crippen LogP) is 5.42. The van der Waals surface area contributed by atoms with Crippen LogP contribution in [0.4, 0.5) is 0 Å². The van der Waals surface area contributed by atoms with Gasteiger partial charge in [0.15, 0.2) is 0 Å². The zero-order valence-electron chi connectivity index (χ0n) is 11.0. The zero-order valence-corrected chi connectivity index (χ0v) is 14.2. The maximum Gasteiger partial charge on any atom is 0.00991 e. The lowest BCUT2D eigenvalue weighted by molar-refractivity contribution is 0.350. The maximum atomic E-state index is 3.71. The van der Waals surface area contributed by atoms with Crippen LogP contribution in [0.25, 0.3) is 0 Å². The van der Waals surface area contributed by atoms with Crippen molar-refractivity contribution in [1.82, 2.24) is 0 Å². The summed E-state index contributed by atoms with van der Waals surface area (Å²) in [4.78, 5) is 0. The molecule has 0 amide bonds. The molecule has 0 spiro atoms. The van der Waals surface area contributed by atoms with Gasteiger partial charge in [-0.05, 0) is 48.8 Å². The number of hydrogen-bond donors (Lipinski definition) is 0. The first-order chi connectivity index (χ1) is 8.08. The average molecular weight is 362 g/mol. The minimum atomic E-state index is 0.353. The molecule has 0 aliphatic rings. The number of rotatable bonds is 6. The van der Waals surface area contributed by atoms with Crippen molar-refractivity contribution in [3.63, 3.8) is 0 Å². The van der Waals surface area contributed by atoms with Crippen LogP contribution in [0.15, 0.2) is 18.2 Å². The summed E-state index contributed by atoms with van der Waals surface area (Å²) in [6.45, 7) is 6.72. The Morgan fingerprint density at radius 1 is 1.06 bits per heavy atom. The molecule has 0 aliphatic carbocycles. The van der Waals surface area contributed by atoms with Crippen molar-refractivity contribution < 1.29 is 0 Å². The summed E-state index contributed by atoms with van der Waals surface area (Å²) < 4.78 is 0. The van der Waals surface area contributed by atoms with E-state index in [1.54, 1.807) is 0 Å². The topological polar surface area (TPSA) is 0 Å². The average Bonchev–Trinajstić information content (AvgIpc) is 2.33. The van der Waals surface area contributed by atoms with E-state index in [1.807, 2.05) is 0 Å². The fourth-order valence-corrected chi connectivity index (χ4v) is 4.27. The summed E-state index contributed by atoms with van der Waals surface area (Å²) in [7, 11) is 0. The van der Waals surface area contributed by atoms with Crippen LogP contribution in [0.1, 0.15) is 36.5 Å². The van der Waals surface area contributed by atoms with Crippen LogP contribution in [-0.2, 0) is 6.42 Å². The van der Waals surface area contributed by atoms with Gasteiger partial charge in [0.1, 0.15) is 0 Å². The van der Waals surface area contributed by atoms with Crippen LogP contribution in [0.2, 0.25) is 0 Å². The van der Waals surface area contributed by atoms with Crippen molar-refractivity contribution in [1.29, 1.82) is 0 Å². The van der Waals surface area contributed by atoms with Crippen molar-refractivity contribution >= 4 is 31.9 Å². The van der Waals surface area contributed by atoms with E-state index >= 15 is 0 Å². The summed E-state index contributed by atoms with van der Waals surface area (Å²) in [5, 5.41) is 2.12. The van der Waals surface area contributed by atoms with E-state index in [0.29, 0.717) is 5.41 Å². The molecule has 0 saturated heterocycles. The van der Waals surface area contributed by atoms with Gasteiger partial charge in [-0.2, -0.15) is 0 Å². The lowest BCUT2D eigenvalue weighted by Gasteiger charge is -2.31. The Balaban J connectivity index is 3.01. The van der Waals surface area contributed by atoms with E-state index in [0.717, 1.165) is 17.1 Å². The molecule has 2 heteroatoms. The quantitative estimate of drug-likeness (QED) is 0.593. The summed E-state index contributed by atoms with van der Waals surface area (Å²) >= 11 is 7.42. The highest BCUT2D eigenvalue weighted by atomic mass is 79.9. The summed E-state index contributed by atoms with van der Waals surface area (Å²) in [6, 6.07) is 6.60. The smallest absolute Gasteiger partial charge is 0.00991 e. The van der Waals surface area contributed by atoms with Crippen molar-refractivity contribution in [2.24, 2.45) is 5.41 Å². The molecule has 0 fully saturated rings. The molecule has 0 saturated carbocycles. The molecule has 0 radical (unpaired) electrons. The molecule has 0 heterocycles. The van der Waals surface area contributed by atoms with Crippen LogP contribution in [0, 0.1) is 19.3 Å². The Morgan fingerprint density at radius 3 is 2.00 bits per heavy atom. The monoisotopic (exact) mass is 360 g/mol. The van der Waals surface area contributed by atoms with Crippen LogP contribution in [0.3, 0.4) is 0 Å². The molecular weight excluding hydrogens is 340 g/mol. The second-order valence-electron chi connectivity index (χ2n) is 5.06. The standard InChI is InChI=1S/C15H22Br2/c1-4-8-15(10-16,11-17)9-14-12(2)6-5-7-13(14)3/h5-7H,4,8-11H2,1-3H3. The number of alkyl halides is 2. The summed E-state index contributed by atoms with van der Waals surface area (Å²) in [5.74, 6) is 0. The first kappa shape index (κ1) is 15.2. The fraction of sp³-hybridized carbons (Fsp3) is 0.600. The van der Waals surface area contributed by atoms with Gasteiger partial charge in [-0.15, -0.1) is 0 Å². The first-order valence-corrected chi connectivity index (χ1v) is 8.50. The van der Waals surface area contributed by atoms with Crippen LogP contribution >= 0.6 is 31.9 Å². The SMILES string of the molecule is CCCC(CBr)(CBr)Cc1c(C)cccc1C. The molecule has 17 heavy (non-hydrogen) atoms. The maximum absolute atomic E-state index is 3.71. The van der Waals surface area contributed by atoms with Crippen LogP contribution in [-0.4, -0.2) is 10.7 Å². The van der Waals surface area contributed by atoms with Crippen molar-refractivity contribution in [2.75, 3.05) is 10.7 Å². The van der Waals surface area contributed by atoms with Crippen molar-refractivity contribution in [2.45, 2.75) is 40.0 Å². The molecule has 1 aromatic rings. The number of benzene rings is 1. The van der Waals surface area contributed by atoms with E-state index in [2.05, 4.69) is 70.8 Å². The van der Waals surface area contributed by atoms with E-state index in [1.165, 1.54) is 29.5 Å². The largest absolute Gasteiger partial charge is 0.0922 e. The van der Waals surface area contributed by atoms with Crippen molar-refractivity contribution in [3.05, 3.63) is 34.9 Å². The molecule has 96 valence electrons. The summed E-state index contributed by atoms with van der Waals surface area (Å²) in [5.41, 5.74) is 4.73. The number of aryl methyl sites for hydroxylation is 2. The minimum absolute atomic E-state index is 0.353. The Hall–Kier alpha value is 0.180. The van der Waals surface area contributed by atoms with Gasteiger partial charge in [-0.25, -0.2) is 0 Å². The molecule has 0 unspecified atom stereocenters. The molecule has 1 aromatic carbocycles. The highest BCUT2D eigenvalue weighted by Gasteiger charge is 2.28. The van der Waals surface area contributed by atoms with Crippen molar-refractivity contribution in [3.8, 4) is 0 Å². The zero-order chi connectivity index (χ0) is 12.9. The molecule has 1 rings (SSSR count). The third-order valence-corrected chi connectivity index (χ3v) is 5.92. The van der Waals surface area contributed by atoms with E-state index in [4.69, 9.17) is 0 Å². The van der Waals surface area contributed by atoms with E-state index in [9.17, 15) is 0 Å². The number of hydrogen-bond acceptors (Lipinski definition) is 0. The van der Waals surface area contributed by atoms with Crippen LogP contribution in [0.5, 0.6) is 0 Å². The minimum Gasteiger partial charge on any atom is -0.0922 e. The molecule has 0 aliphatic heterocycles. The van der Waals surface area contributed by atoms with Gasteiger partial charge in [-0.3, -0.25) is 0 Å². The predicted molar refractivity (Wildman–Crippen MR) is 84.5 cm³/mol. The second-order valence-corrected chi connectivity index (χ2v) is 6.19. The van der Waals surface area contributed by atoms with Gasteiger partial charge in [0.2, 0.25) is 0 Å². The molecular formula is C15H22Br2. The fourth-order valence-electron chi connectivity index (χ4n) is 2.39. The molecule has 0 nitrogen and oxygen atoms in total. The van der Waals surface area contributed by atoms with E-state index in [-0.39, 0.29) is 0 Å². The van der Waals surface area contributed by atoms with Gasteiger partial charge in [-0.1, -0.05) is 63.4 Å². The van der Waals surface area contributed by atoms with Gasteiger partial charge in [0, 0.05) is 10.7 Å². The third kappa shape index (κ3) is 3.82. The summed E-state index contributed by atoms with van der Waals surface area (Å²) in [6.07, 6.45) is 3.66. The highest BCUT2D eigenvalue weighted by Crippen LogP contribution is 2.34. The Kier molecular flexibility index (Phi) is 6.22. The van der Waals surface area contributed by atoms with E-state index < -0.39 is 0 Å². The first-order valence-electron chi connectivity index (χ1n) is 6.25. The molecule has 0 bridgehead atoms. The molecule has 0 aromatic heterocycles. The Labute approximate surface area is 122 Å². The van der Waals surface area contributed by atoms with Gasteiger partial charge in [0.25, 0.3) is 0 Å². The Bertz CT molecular complexity index is 334.